The molecule has 19 heteroatoms. The van der Waals surface area contributed by atoms with Crippen molar-refractivity contribution in [3.05, 3.63) is 65.9 Å². The number of para-hydroxylation sites is 1. The summed E-state index contributed by atoms with van der Waals surface area (Å²) in [5.74, 6) is -8.83. The fourth-order valence-electron chi connectivity index (χ4n) is 5.84. The predicted octanol–water partition coefficient (Wildman–Crippen LogP) is -0.309. The van der Waals surface area contributed by atoms with E-state index in [1.807, 2.05) is 0 Å². The Bertz CT molecular complexity index is 1980. The third-order valence-corrected chi connectivity index (χ3v) is 9.41. The molecule has 1 heterocycles. The number of carbonyl (C=O) groups is 8. The van der Waals surface area contributed by atoms with Crippen molar-refractivity contribution in [2.75, 3.05) is 0 Å². The van der Waals surface area contributed by atoms with E-state index in [9.17, 15) is 53.7 Å². The smallest absolute Gasteiger partial charge is 0.326 e. The zero-order chi connectivity index (χ0) is 43.3. The number of carboxylic acids is 2. The molecule has 0 unspecified atom stereocenters. The molecule has 58 heavy (non-hydrogen) atoms. The van der Waals surface area contributed by atoms with Crippen molar-refractivity contribution in [2.45, 2.75) is 102 Å². The molecule has 13 N–H and O–H groups in total. The summed E-state index contributed by atoms with van der Waals surface area (Å²) in [6.45, 7) is 6.07. The number of hydrogen-bond donors (Lipinski definition) is 11. The van der Waals surface area contributed by atoms with E-state index in [0.717, 1.165) is 0 Å². The van der Waals surface area contributed by atoms with Gasteiger partial charge in [-0.05, 0) is 55.5 Å². The summed E-state index contributed by atoms with van der Waals surface area (Å²) >= 11 is 0. The Morgan fingerprint density at radius 1 is 0.759 bits per heavy atom. The van der Waals surface area contributed by atoms with Crippen LogP contribution in [0.2, 0.25) is 0 Å². The minimum atomic E-state index is -1.67. The molecular formula is C39H52N8O11. The van der Waals surface area contributed by atoms with Gasteiger partial charge >= 0.3 is 11.9 Å². The van der Waals surface area contributed by atoms with Crippen molar-refractivity contribution >= 4 is 58.3 Å². The van der Waals surface area contributed by atoms with Crippen LogP contribution in [-0.2, 0) is 51.2 Å². The Kier molecular flexibility index (Phi) is 16.3. The van der Waals surface area contributed by atoms with E-state index in [1.165, 1.54) is 38.1 Å². The molecule has 19 nitrogen and oxygen atoms in total. The number of aromatic nitrogens is 1. The molecule has 2 aromatic carbocycles. The second-order valence-corrected chi connectivity index (χ2v) is 14.7. The number of benzene rings is 2. The van der Waals surface area contributed by atoms with Crippen LogP contribution in [0.1, 0.15) is 64.5 Å². The first-order valence-corrected chi connectivity index (χ1v) is 18.6. The highest BCUT2D eigenvalue weighted by atomic mass is 16.4. The van der Waals surface area contributed by atoms with Gasteiger partial charge in [0, 0.05) is 36.4 Å². The van der Waals surface area contributed by atoms with Crippen LogP contribution < -0.4 is 38.1 Å². The Morgan fingerprint density at radius 3 is 1.93 bits per heavy atom. The number of carbonyl (C=O) groups excluding carboxylic acids is 6. The summed E-state index contributed by atoms with van der Waals surface area (Å²) in [5, 5.41) is 42.0. The Morgan fingerprint density at radius 2 is 1.34 bits per heavy atom. The molecule has 314 valence electrons. The van der Waals surface area contributed by atoms with Crippen molar-refractivity contribution in [2.24, 2.45) is 17.4 Å². The van der Waals surface area contributed by atoms with Gasteiger partial charge in [0.15, 0.2) is 0 Å². The van der Waals surface area contributed by atoms with E-state index in [1.54, 1.807) is 44.3 Å². The average molecular weight is 809 g/mol. The van der Waals surface area contributed by atoms with Crippen molar-refractivity contribution < 1.29 is 53.7 Å². The van der Waals surface area contributed by atoms with E-state index in [4.69, 9.17) is 11.5 Å². The summed E-state index contributed by atoms with van der Waals surface area (Å²) in [6, 6.07) is 5.35. The molecule has 0 spiro atoms. The van der Waals surface area contributed by atoms with Gasteiger partial charge in [-0.15, -0.1) is 0 Å². The number of nitrogens with two attached hydrogens (primary N) is 2. The van der Waals surface area contributed by atoms with Crippen molar-refractivity contribution in [3.8, 4) is 5.75 Å². The van der Waals surface area contributed by atoms with E-state index in [2.05, 4.69) is 31.6 Å². The van der Waals surface area contributed by atoms with Crippen LogP contribution in [-0.4, -0.2) is 103 Å². The molecule has 0 saturated heterocycles. The van der Waals surface area contributed by atoms with Gasteiger partial charge in [0.05, 0.1) is 12.0 Å². The molecule has 0 bridgehead atoms. The van der Waals surface area contributed by atoms with Gasteiger partial charge in [0.2, 0.25) is 35.4 Å². The number of hydrogen-bond acceptors (Lipinski definition) is 10. The minimum absolute atomic E-state index is 0.0358. The lowest BCUT2D eigenvalue weighted by Gasteiger charge is -2.29. The monoisotopic (exact) mass is 808 g/mol. The standard InChI is InChI=1S/C39H52N8O11/c1-5-20(2)32(36(55)45-29(37(56)57)16-21-10-12-23(48)13-11-21)47-33(52)26(14-15-30(40)49)43-34(53)27(17-22-19-42-25-9-7-6-8-24(22)25)44-35(54)28(18-31(50)51)46-38(58)39(3,4)41/h6-13,19-20,26-29,32,42,48H,5,14-18,41H2,1-4H3,(H2,40,49)(H,43,53)(H,44,54)(H,45,55)(H,46,58)(H,47,52)(H,50,51)(H,56,57)/t20-,26-,27-,28-,29-,32-/m0/s1. The molecule has 0 saturated carbocycles. The van der Waals surface area contributed by atoms with Gasteiger partial charge < -0.3 is 58.4 Å². The first-order chi connectivity index (χ1) is 27.2. The lowest BCUT2D eigenvalue weighted by Crippen LogP contribution is -2.61. The third kappa shape index (κ3) is 13.6. The van der Waals surface area contributed by atoms with Crippen molar-refractivity contribution in [1.29, 1.82) is 0 Å². The Hall–Kier alpha value is -6.50. The molecule has 0 radical (unpaired) electrons. The van der Waals surface area contributed by atoms with Gasteiger partial charge in [0.1, 0.15) is 36.0 Å². The fourth-order valence-corrected chi connectivity index (χ4v) is 5.84. The van der Waals surface area contributed by atoms with E-state index in [-0.39, 0.29) is 25.0 Å². The van der Waals surface area contributed by atoms with Gasteiger partial charge in [0.25, 0.3) is 0 Å². The average Bonchev–Trinajstić information content (AvgIpc) is 3.56. The zero-order valence-corrected chi connectivity index (χ0v) is 32.7. The quantitative estimate of drug-likeness (QED) is 0.0623. The van der Waals surface area contributed by atoms with E-state index in [0.29, 0.717) is 28.5 Å². The second-order valence-electron chi connectivity index (χ2n) is 14.7. The molecule has 1 aromatic heterocycles. The topological polar surface area (TPSA) is 325 Å². The van der Waals surface area contributed by atoms with Crippen molar-refractivity contribution in [1.82, 2.24) is 31.6 Å². The molecule has 0 aliphatic carbocycles. The molecule has 0 fully saturated rings. The highest BCUT2D eigenvalue weighted by Crippen LogP contribution is 2.20. The lowest BCUT2D eigenvalue weighted by molar-refractivity contribution is -0.143. The number of carboxylic acid groups (broad SMARTS) is 2. The SMILES string of the molecule is CC[C@H](C)[C@H](NC(=O)[C@H](CCC(N)=O)NC(=O)[C@H](Cc1c[nH]c2ccccc12)NC(=O)[C@H](CC(=O)O)NC(=O)C(C)(C)N)C(=O)N[C@@H](Cc1ccc(O)cc1)C(=O)O. The maximum absolute atomic E-state index is 14.1. The molecule has 3 rings (SSSR count). The minimum Gasteiger partial charge on any atom is -0.508 e. The summed E-state index contributed by atoms with van der Waals surface area (Å²) in [7, 11) is 0. The number of rotatable bonds is 22. The first kappa shape index (κ1) is 45.9. The largest absolute Gasteiger partial charge is 0.508 e. The number of aromatic hydroxyl groups is 1. The maximum Gasteiger partial charge on any atom is 0.326 e. The summed E-state index contributed by atoms with van der Waals surface area (Å²) in [6.07, 6.45) is -0.00830. The summed E-state index contributed by atoms with van der Waals surface area (Å²) in [5.41, 5.74) is 11.5. The van der Waals surface area contributed by atoms with Crippen LogP contribution in [0.15, 0.2) is 54.7 Å². The zero-order valence-electron chi connectivity index (χ0n) is 32.7. The highest BCUT2D eigenvalue weighted by Gasteiger charge is 2.36. The van der Waals surface area contributed by atoms with Crippen LogP contribution in [0.25, 0.3) is 10.9 Å². The number of fused-ring (bicyclic) bond motifs is 1. The Labute approximate surface area is 334 Å². The number of aromatic amines is 1. The van der Waals surface area contributed by atoms with Crippen LogP contribution in [0, 0.1) is 5.92 Å². The number of phenolic OH excluding ortho intramolecular Hbond substituents is 1. The van der Waals surface area contributed by atoms with Crippen LogP contribution in [0.5, 0.6) is 5.75 Å². The van der Waals surface area contributed by atoms with Crippen LogP contribution in [0.4, 0.5) is 0 Å². The molecule has 6 atom stereocenters. The van der Waals surface area contributed by atoms with E-state index >= 15 is 0 Å². The fraction of sp³-hybridized carbons (Fsp3) is 0.436. The number of nitrogens with one attached hydrogen (secondary N) is 6. The van der Waals surface area contributed by atoms with Gasteiger partial charge in [-0.2, -0.15) is 0 Å². The normalized spacial score (nSPS) is 14.4. The van der Waals surface area contributed by atoms with Crippen molar-refractivity contribution in [3.63, 3.8) is 0 Å². The number of phenols is 1. The Balaban J connectivity index is 1.93. The maximum atomic E-state index is 14.1. The van der Waals surface area contributed by atoms with Crippen LogP contribution >= 0.6 is 0 Å². The number of aliphatic carboxylic acids is 2. The first-order valence-electron chi connectivity index (χ1n) is 18.6. The van der Waals surface area contributed by atoms with Gasteiger partial charge in [-0.25, -0.2) is 4.79 Å². The predicted molar refractivity (Wildman–Crippen MR) is 210 cm³/mol. The molecule has 0 aliphatic rings. The summed E-state index contributed by atoms with van der Waals surface area (Å²) in [4.78, 5) is 107. The molecule has 6 amide bonds. The highest BCUT2D eigenvalue weighted by molar-refractivity contribution is 5.98. The lowest BCUT2D eigenvalue weighted by atomic mass is 9.96. The second kappa shape index (κ2) is 20.6. The molecule has 0 aliphatic heterocycles. The van der Waals surface area contributed by atoms with Gasteiger partial charge in [-0.1, -0.05) is 50.6 Å². The number of primary amides is 1. The van der Waals surface area contributed by atoms with Crippen LogP contribution in [0.3, 0.4) is 0 Å². The molecule has 3 aromatic rings. The molecular weight excluding hydrogens is 756 g/mol. The van der Waals surface area contributed by atoms with E-state index < -0.39 is 102 Å². The number of amides is 6. The van der Waals surface area contributed by atoms with Gasteiger partial charge in [-0.3, -0.25) is 33.6 Å². The summed E-state index contributed by atoms with van der Waals surface area (Å²) < 4.78 is 0. The number of H-pyrrole nitrogens is 1. The third-order valence-electron chi connectivity index (χ3n) is 9.41.